The van der Waals surface area contributed by atoms with E-state index in [-0.39, 0.29) is 23.5 Å². The number of sulfone groups is 1. The lowest BCUT2D eigenvalue weighted by Crippen LogP contribution is -2.41. The van der Waals surface area contributed by atoms with Crippen molar-refractivity contribution < 1.29 is 17.6 Å². The van der Waals surface area contributed by atoms with E-state index in [1.165, 1.54) is 12.4 Å². The quantitative estimate of drug-likeness (QED) is 0.824. The molecule has 134 valence electrons. The van der Waals surface area contributed by atoms with Gasteiger partial charge in [-0.05, 0) is 25.5 Å². The van der Waals surface area contributed by atoms with Gasteiger partial charge in [-0.2, -0.15) is 0 Å². The van der Waals surface area contributed by atoms with Gasteiger partial charge in [-0.1, -0.05) is 0 Å². The van der Waals surface area contributed by atoms with Gasteiger partial charge < -0.3 is 14.6 Å². The van der Waals surface area contributed by atoms with Crippen LogP contribution in [0.25, 0.3) is 0 Å². The van der Waals surface area contributed by atoms with Crippen molar-refractivity contribution in [3.05, 3.63) is 42.1 Å². The Balaban J connectivity index is 1.65. The molecule has 2 aromatic heterocycles. The summed E-state index contributed by atoms with van der Waals surface area (Å²) in [5.41, 5.74) is 0.342. The van der Waals surface area contributed by atoms with E-state index in [9.17, 15) is 13.2 Å². The smallest absolute Gasteiger partial charge is 0.257 e. The van der Waals surface area contributed by atoms with E-state index >= 15 is 0 Å². The van der Waals surface area contributed by atoms with Crippen LogP contribution in [0.3, 0.4) is 0 Å². The second-order valence-corrected chi connectivity index (χ2v) is 8.11. The van der Waals surface area contributed by atoms with E-state index in [2.05, 4.69) is 15.3 Å². The molecule has 0 spiro atoms. The molecule has 1 aliphatic heterocycles. The van der Waals surface area contributed by atoms with E-state index in [1.54, 1.807) is 17.2 Å². The second kappa shape index (κ2) is 7.22. The van der Waals surface area contributed by atoms with Gasteiger partial charge >= 0.3 is 0 Å². The van der Waals surface area contributed by atoms with Crippen molar-refractivity contribution in [2.45, 2.75) is 25.9 Å². The van der Waals surface area contributed by atoms with Gasteiger partial charge in [0.15, 0.2) is 9.84 Å². The summed E-state index contributed by atoms with van der Waals surface area (Å²) < 4.78 is 28.5. The average molecular weight is 364 g/mol. The van der Waals surface area contributed by atoms with Crippen molar-refractivity contribution in [1.29, 1.82) is 0 Å². The molecule has 0 bridgehead atoms. The van der Waals surface area contributed by atoms with Crippen LogP contribution in [-0.2, 0) is 16.4 Å². The zero-order valence-electron chi connectivity index (χ0n) is 13.9. The van der Waals surface area contributed by atoms with Crippen molar-refractivity contribution in [3.8, 4) is 0 Å². The molecule has 8 nitrogen and oxygen atoms in total. The Morgan fingerprint density at radius 2 is 2.16 bits per heavy atom. The minimum absolute atomic E-state index is 0.0240. The number of anilines is 1. The lowest BCUT2D eigenvalue weighted by Gasteiger charge is -2.26. The first-order valence-electron chi connectivity index (χ1n) is 8.08. The summed E-state index contributed by atoms with van der Waals surface area (Å²) >= 11 is 0. The number of carbonyl (C=O) groups is 1. The summed E-state index contributed by atoms with van der Waals surface area (Å²) in [4.78, 5) is 22.5. The summed E-state index contributed by atoms with van der Waals surface area (Å²) in [6.45, 7) is 2.72. The maximum atomic E-state index is 12.6. The molecule has 3 rings (SSSR count). The summed E-state index contributed by atoms with van der Waals surface area (Å²) in [5.74, 6) is 1.05. The lowest BCUT2D eigenvalue weighted by atomic mass is 10.2. The fourth-order valence-corrected chi connectivity index (χ4v) is 4.59. The number of amides is 1. The molecule has 1 atom stereocenters. The van der Waals surface area contributed by atoms with Crippen LogP contribution in [-0.4, -0.2) is 53.3 Å². The summed E-state index contributed by atoms with van der Waals surface area (Å²) in [7, 11) is -3.05. The number of aromatic nitrogens is 2. The third kappa shape index (κ3) is 4.16. The Morgan fingerprint density at radius 3 is 2.72 bits per heavy atom. The molecule has 1 saturated heterocycles. The van der Waals surface area contributed by atoms with Crippen molar-refractivity contribution in [1.82, 2.24) is 14.9 Å². The standard InChI is InChI=1S/C16H20N4O4S/c1-2-20(13-5-7-25(22,23)11-13)15(21)12-8-17-16(18-9-12)19-10-14-4-3-6-24-14/h3-4,6,8-9,13H,2,5,7,10-11H2,1H3,(H,17,18,19). The molecule has 0 aromatic carbocycles. The number of furan rings is 1. The molecule has 1 fully saturated rings. The summed E-state index contributed by atoms with van der Waals surface area (Å²) in [5, 5.41) is 3.00. The zero-order chi connectivity index (χ0) is 17.9. The van der Waals surface area contributed by atoms with Crippen LogP contribution in [0.2, 0.25) is 0 Å². The fourth-order valence-electron chi connectivity index (χ4n) is 2.86. The number of nitrogens with zero attached hydrogens (tertiary/aromatic N) is 3. The number of rotatable bonds is 6. The first-order valence-corrected chi connectivity index (χ1v) is 9.90. The van der Waals surface area contributed by atoms with Crippen LogP contribution < -0.4 is 5.32 Å². The Morgan fingerprint density at radius 1 is 1.40 bits per heavy atom. The minimum Gasteiger partial charge on any atom is -0.467 e. The Hall–Kier alpha value is -2.42. The summed E-state index contributed by atoms with van der Waals surface area (Å²) in [6.07, 6.45) is 4.96. The highest BCUT2D eigenvalue weighted by molar-refractivity contribution is 7.91. The van der Waals surface area contributed by atoms with Crippen LogP contribution in [0.15, 0.2) is 35.2 Å². The normalized spacial score (nSPS) is 18.8. The van der Waals surface area contributed by atoms with Gasteiger partial charge in [0.1, 0.15) is 5.76 Å². The highest BCUT2D eigenvalue weighted by Gasteiger charge is 2.34. The molecule has 25 heavy (non-hydrogen) atoms. The molecule has 0 saturated carbocycles. The number of hydrogen-bond acceptors (Lipinski definition) is 7. The van der Waals surface area contributed by atoms with Crippen molar-refractivity contribution in [2.75, 3.05) is 23.4 Å². The fraction of sp³-hybridized carbons (Fsp3) is 0.438. The van der Waals surface area contributed by atoms with E-state index < -0.39 is 9.84 Å². The maximum Gasteiger partial charge on any atom is 0.257 e. The molecule has 1 N–H and O–H groups in total. The van der Waals surface area contributed by atoms with Crippen molar-refractivity contribution in [2.24, 2.45) is 0 Å². The van der Waals surface area contributed by atoms with E-state index in [1.807, 2.05) is 13.0 Å². The first kappa shape index (κ1) is 17.4. The van der Waals surface area contributed by atoms with Crippen LogP contribution >= 0.6 is 0 Å². The second-order valence-electron chi connectivity index (χ2n) is 5.88. The minimum atomic E-state index is -3.05. The van der Waals surface area contributed by atoms with Gasteiger partial charge in [-0.3, -0.25) is 4.79 Å². The molecule has 0 radical (unpaired) electrons. The molecule has 9 heteroatoms. The molecule has 3 heterocycles. The number of hydrogen-bond donors (Lipinski definition) is 1. The van der Waals surface area contributed by atoms with Gasteiger partial charge in [-0.25, -0.2) is 18.4 Å². The SMILES string of the molecule is CCN(C(=O)c1cnc(NCc2ccco2)nc1)C1CCS(=O)(=O)C1. The summed E-state index contributed by atoms with van der Waals surface area (Å²) in [6, 6.07) is 3.35. The third-order valence-electron chi connectivity index (χ3n) is 4.15. The molecule has 1 unspecified atom stereocenters. The molecule has 0 aliphatic carbocycles. The van der Waals surface area contributed by atoms with Crippen LogP contribution in [0.1, 0.15) is 29.5 Å². The Kier molecular flexibility index (Phi) is 5.03. The van der Waals surface area contributed by atoms with E-state index in [0.29, 0.717) is 31.0 Å². The number of carbonyl (C=O) groups excluding carboxylic acids is 1. The average Bonchev–Trinajstić information content (AvgIpc) is 3.23. The molecule has 1 amide bonds. The van der Waals surface area contributed by atoms with Crippen LogP contribution in [0.5, 0.6) is 0 Å². The Bertz CT molecular complexity index is 818. The Labute approximate surface area is 146 Å². The van der Waals surface area contributed by atoms with Crippen LogP contribution in [0.4, 0.5) is 5.95 Å². The monoisotopic (exact) mass is 364 g/mol. The lowest BCUT2D eigenvalue weighted by molar-refractivity contribution is 0.0707. The maximum absolute atomic E-state index is 12.6. The van der Waals surface area contributed by atoms with Crippen molar-refractivity contribution >= 4 is 21.7 Å². The number of nitrogens with one attached hydrogen (secondary N) is 1. The van der Waals surface area contributed by atoms with E-state index in [4.69, 9.17) is 4.42 Å². The predicted octanol–water partition coefficient (Wildman–Crippen LogP) is 1.33. The molecular weight excluding hydrogens is 344 g/mol. The van der Waals surface area contributed by atoms with Gasteiger partial charge in [0.05, 0.1) is 29.9 Å². The molecular formula is C16H20N4O4S. The zero-order valence-corrected chi connectivity index (χ0v) is 14.7. The van der Waals surface area contributed by atoms with E-state index in [0.717, 1.165) is 5.76 Å². The predicted molar refractivity (Wildman–Crippen MR) is 91.8 cm³/mol. The molecule has 2 aromatic rings. The highest BCUT2D eigenvalue weighted by Crippen LogP contribution is 2.19. The highest BCUT2D eigenvalue weighted by atomic mass is 32.2. The van der Waals surface area contributed by atoms with Gasteiger partial charge in [0.25, 0.3) is 5.91 Å². The third-order valence-corrected chi connectivity index (χ3v) is 5.90. The topological polar surface area (TPSA) is 105 Å². The van der Waals surface area contributed by atoms with Gasteiger partial charge in [0, 0.05) is 25.0 Å². The van der Waals surface area contributed by atoms with Gasteiger partial charge in [-0.15, -0.1) is 0 Å². The van der Waals surface area contributed by atoms with Crippen molar-refractivity contribution in [3.63, 3.8) is 0 Å². The molecule has 1 aliphatic rings. The van der Waals surface area contributed by atoms with Gasteiger partial charge in [0.2, 0.25) is 5.95 Å². The largest absolute Gasteiger partial charge is 0.467 e. The first-order chi connectivity index (χ1) is 12.0. The van der Waals surface area contributed by atoms with Crippen LogP contribution in [0, 0.1) is 0 Å².